The zero-order valence-electron chi connectivity index (χ0n) is 20.7. The van der Waals surface area contributed by atoms with Crippen molar-refractivity contribution in [3.05, 3.63) is 71.8 Å². The second kappa shape index (κ2) is 11.2. The maximum absolute atomic E-state index is 13.5. The summed E-state index contributed by atoms with van der Waals surface area (Å²) in [4.78, 5) is 29.1. The molecule has 0 saturated carbocycles. The maximum atomic E-state index is 13.5. The van der Waals surface area contributed by atoms with Gasteiger partial charge < -0.3 is 0 Å². The molecule has 3 saturated heterocycles. The average Bonchev–Trinajstić information content (AvgIpc) is 2.80. The summed E-state index contributed by atoms with van der Waals surface area (Å²) < 4.78 is 18.8. The molecule has 3 fully saturated rings. The molecule has 0 radical (unpaired) electrons. The monoisotopic (exact) mass is 543 g/mol. The van der Waals surface area contributed by atoms with Gasteiger partial charge in [-0.3, -0.25) is 0 Å². The van der Waals surface area contributed by atoms with Crippen LogP contribution in [-0.4, -0.2) is 81.0 Å². The van der Waals surface area contributed by atoms with E-state index in [0.29, 0.717) is 25.4 Å². The normalized spacial score (nSPS) is 23.5. The summed E-state index contributed by atoms with van der Waals surface area (Å²) in [5, 5.41) is 1.41. The van der Waals surface area contributed by atoms with E-state index in [9.17, 15) is 9.59 Å². The summed E-state index contributed by atoms with van der Waals surface area (Å²) in [6.45, 7) is 9.73. The van der Waals surface area contributed by atoms with Crippen molar-refractivity contribution in [3.63, 3.8) is 0 Å². The number of rotatable bonds is 5. The summed E-state index contributed by atoms with van der Waals surface area (Å²) in [7, 11) is 0. The van der Waals surface area contributed by atoms with Gasteiger partial charge in [-0.05, 0) is 0 Å². The molecule has 1 N–H and O–H groups in total. The number of hydrogen-bond acceptors (Lipinski definition) is 6. The van der Waals surface area contributed by atoms with E-state index >= 15 is 0 Å². The van der Waals surface area contributed by atoms with Gasteiger partial charge in [0.1, 0.15) is 0 Å². The van der Waals surface area contributed by atoms with E-state index in [-0.39, 0.29) is 23.0 Å². The molecule has 0 aromatic heterocycles. The van der Waals surface area contributed by atoms with Gasteiger partial charge in [0.2, 0.25) is 0 Å². The van der Waals surface area contributed by atoms with Crippen molar-refractivity contribution in [1.82, 2.24) is 15.3 Å². The first-order valence-corrected chi connectivity index (χ1v) is 15.9. The van der Waals surface area contributed by atoms with E-state index in [1.807, 2.05) is 69.3 Å². The molecule has 1 atom stereocenters. The first-order chi connectivity index (χ1) is 16.8. The standard InChI is InChI=1S/C26H35GeN3O5/c1-26(2,3)30(25(32)22-12-8-5-9-13-22)28-24(31)20-23(21-10-6-4-7-11-21)27-33-17-14-29(15-18-34-27)16-19-35-27/h4-13,23H,14-20H2,1-3H3,(H,28,31). The number of carbonyl (C=O) groups is 2. The Balaban J connectivity index is 1.60. The second-order valence-electron chi connectivity index (χ2n) is 9.87. The van der Waals surface area contributed by atoms with E-state index in [0.717, 1.165) is 25.2 Å². The second-order valence-corrected chi connectivity index (χ2v) is 15.7. The number of nitrogens with zero attached hydrogens (tertiary/aromatic N) is 2. The Bertz CT molecular complexity index is 973. The molecule has 1 unspecified atom stereocenters. The summed E-state index contributed by atoms with van der Waals surface area (Å²) in [6.07, 6.45) is 0.0996. The van der Waals surface area contributed by atoms with Gasteiger partial charge in [0.25, 0.3) is 0 Å². The van der Waals surface area contributed by atoms with Crippen molar-refractivity contribution in [2.24, 2.45) is 0 Å². The molecule has 2 aromatic carbocycles. The molecular weight excluding hydrogens is 507 g/mol. The molecule has 2 aromatic rings. The van der Waals surface area contributed by atoms with E-state index in [1.165, 1.54) is 5.01 Å². The SMILES string of the molecule is CC(C)(C)N(NC(=O)C[CH](c1ccccc1)[Ge]12[O]CCN(CC[O]1)CC[O]2)C(=O)c1ccccc1. The van der Waals surface area contributed by atoms with Gasteiger partial charge in [0.05, 0.1) is 0 Å². The molecule has 35 heavy (non-hydrogen) atoms. The third-order valence-corrected chi connectivity index (χ3v) is 13.0. The van der Waals surface area contributed by atoms with Crippen LogP contribution < -0.4 is 5.43 Å². The predicted octanol–water partition coefficient (Wildman–Crippen LogP) is 2.99. The van der Waals surface area contributed by atoms with Crippen LogP contribution >= 0.6 is 0 Å². The van der Waals surface area contributed by atoms with Gasteiger partial charge in [-0.15, -0.1) is 0 Å². The van der Waals surface area contributed by atoms with Crippen molar-refractivity contribution in [2.75, 3.05) is 39.5 Å². The van der Waals surface area contributed by atoms with E-state index < -0.39 is 19.8 Å². The first kappa shape index (κ1) is 25.8. The molecule has 2 amide bonds. The molecule has 188 valence electrons. The van der Waals surface area contributed by atoms with E-state index in [2.05, 4.69) is 10.3 Å². The molecular formula is C26H35GeN3O5. The Morgan fingerprint density at radius 1 is 0.914 bits per heavy atom. The van der Waals surface area contributed by atoms with Crippen LogP contribution in [0.5, 0.6) is 0 Å². The van der Waals surface area contributed by atoms with Gasteiger partial charge in [0, 0.05) is 0 Å². The van der Waals surface area contributed by atoms with Crippen LogP contribution in [0.25, 0.3) is 0 Å². The number of carbonyl (C=O) groups excluding carboxylic acids is 2. The number of amides is 2. The van der Waals surface area contributed by atoms with Crippen LogP contribution in [-0.2, 0) is 16.1 Å². The summed E-state index contributed by atoms with van der Waals surface area (Å²) in [6, 6.07) is 18.8. The van der Waals surface area contributed by atoms with E-state index in [4.69, 9.17) is 11.3 Å². The first-order valence-electron chi connectivity index (χ1n) is 12.2. The number of fused-ring (bicyclic) bond motifs is 6. The molecule has 0 aliphatic carbocycles. The van der Waals surface area contributed by atoms with Crippen molar-refractivity contribution >= 4 is 26.1 Å². The summed E-state index contributed by atoms with van der Waals surface area (Å²) >= 11 is -3.89. The minimum absolute atomic E-state index is 0.0996. The average molecular weight is 542 g/mol. The molecule has 5 rings (SSSR count). The Hall–Kier alpha value is -2.24. The molecule has 3 aliphatic heterocycles. The molecule has 2 bridgehead atoms. The van der Waals surface area contributed by atoms with Gasteiger partial charge in [-0.1, -0.05) is 0 Å². The molecule has 8 nitrogen and oxygen atoms in total. The quantitative estimate of drug-likeness (QED) is 0.463. The minimum atomic E-state index is -3.89. The molecule has 3 aliphatic rings. The van der Waals surface area contributed by atoms with Crippen molar-refractivity contribution in [1.29, 1.82) is 0 Å². The molecule has 0 spiro atoms. The topological polar surface area (TPSA) is 80.3 Å². The zero-order valence-corrected chi connectivity index (χ0v) is 22.8. The van der Waals surface area contributed by atoms with Crippen LogP contribution in [0.1, 0.15) is 47.9 Å². The number of hydrogen-bond donors (Lipinski definition) is 1. The number of nitrogens with one attached hydrogen (secondary N) is 1. The number of benzene rings is 2. The fraction of sp³-hybridized carbons (Fsp3) is 0.462. The predicted molar refractivity (Wildman–Crippen MR) is 134 cm³/mol. The van der Waals surface area contributed by atoms with Crippen LogP contribution in [0.15, 0.2) is 60.7 Å². The van der Waals surface area contributed by atoms with Crippen molar-refractivity contribution in [3.8, 4) is 0 Å². The van der Waals surface area contributed by atoms with Gasteiger partial charge in [-0.25, -0.2) is 0 Å². The Morgan fingerprint density at radius 2 is 1.43 bits per heavy atom. The van der Waals surface area contributed by atoms with Crippen LogP contribution in [0.2, 0.25) is 0 Å². The zero-order chi connectivity index (χ0) is 24.9. The van der Waals surface area contributed by atoms with Gasteiger partial charge in [-0.2, -0.15) is 0 Å². The van der Waals surface area contributed by atoms with Gasteiger partial charge >= 0.3 is 211 Å². The Kier molecular flexibility index (Phi) is 8.28. The van der Waals surface area contributed by atoms with Crippen molar-refractivity contribution < 1.29 is 20.9 Å². The van der Waals surface area contributed by atoms with Crippen LogP contribution in [0, 0.1) is 0 Å². The number of hydrazine groups is 1. The fourth-order valence-corrected chi connectivity index (χ4v) is 10.8. The van der Waals surface area contributed by atoms with Crippen LogP contribution in [0.4, 0.5) is 0 Å². The molecule has 3 heterocycles. The fourth-order valence-electron chi connectivity index (χ4n) is 4.43. The van der Waals surface area contributed by atoms with Crippen molar-refractivity contribution in [2.45, 2.75) is 37.5 Å². The van der Waals surface area contributed by atoms with Gasteiger partial charge in [0.15, 0.2) is 0 Å². The van der Waals surface area contributed by atoms with E-state index in [1.54, 1.807) is 12.1 Å². The third kappa shape index (κ3) is 6.31. The Morgan fingerprint density at radius 3 is 1.94 bits per heavy atom. The summed E-state index contributed by atoms with van der Waals surface area (Å²) in [5.74, 6) is -0.539. The van der Waals surface area contributed by atoms with Crippen LogP contribution in [0.3, 0.4) is 0 Å². The Labute approximate surface area is 210 Å². The third-order valence-electron chi connectivity index (χ3n) is 6.28. The summed E-state index contributed by atoms with van der Waals surface area (Å²) in [5.41, 5.74) is 3.73. The molecule has 9 heteroatoms.